The molecule has 0 heterocycles. The van der Waals surface area contributed by atoms with Crippen molar-refractivity contribution >= 4 is 22.7 Å². The fourth-order valence-corrected chi connectivity index (χ4v) is 2.77. The minimum Gasteiger partial charge on any atom is -0.480 e. The minimum absolute atomic E-state index is 0.161. The average molecular weight is 329 g/mol. The molecule has 2 aromatic carbocycles. The first kappa shape index (κ1) is 17.9. The van der Waals surface area contributed by atoms with Crippen molar-refractivity contribution in [3.8, 4) is 0 Å². The van der Waals surface area contributed by atoms with E-state index in [9.17, 15) is 19.8 Å². The molecule has 0 amide bonds. The largest absolute Gasteiger partial charge is 0.480 e. The standard InChI is InChI=1S/C19H23NO4/c1-12(2)9-16(18(21)22)20-17(19(23)24)11-13-7-8-14-5-3-4-6-15(14)10-13/h3-8,10,12,16-17,20H,9,11H2,1-2H3,(H,21,22)(H,23,24). The van der Waals surface area contributed by atoms with Crippen LogP contribution in [0.25, 0.3) is 10.8 Å². The molecule has 2 atom stereocenters. The summed E-state index contributed by atoms with van der Waals surface area (Å²) in [4.78, 5) is 22.9. The lowest BCUT2D eigenvalue weighted by atomic mass is 9.99. The van der Waals surface area contributed by atoms with Crippen LogP contribution in [-0.2, 0) is 16.0 Å². The number of hydrogen-bond acceptors (Lipinski definition) is 3. The Morgan fingerprint density at radius 3 is 2.17 bits per heavy atom. The predicted molar refractivity (Wildman–Crippen MR) is 93.1 cm³/mol. The summed E-state index contributed by atoms with van der Waals surface area (Å²) < 4.78 is 0. The Kier molecular flexibility index (Phi) is 5.93. The highest BCUT2D eigenvalue weighted by molar-refractivity contribution is 5.83. The van der Waals surface area contributed by atoms with Gasteiger partial charge in [-0.3, -0.25) is 14.9 Å². The Balaban J connectivity index is 2.17. The summed E-state index contributed by atoms with van der Waals surface area (Å²) in [7, 11) is 0. The van der Waals surface area contributed by atoms with Crippen LogP contribution < -0.4 is 5.32 Å². The van der Waals surface area contributed by atoms with Crippen LogP contribution in [0.2, 0.25) is 0 Å². The van der Waals surface area contributed by atoms with Gasteiger partial charge in [-0.1, -0.05) is 56.3 Å². The second kappa shape index (κ2) is 7.93. The zero-order chi connectivity index (χ0) is 17.7. The number of carbonyl (C=O) groups is 2. The topological polar surface area (TPSA) is 86.6 Å². The lowest BCUT2D eigenvalue weighted by Gasteiger charge is -2.22. The van der Waals surface area contributed by atoms with Crippen molar-refractivity contribution < 1.29 is 19.8 Å². The summed E-state index contributed by atoms with van der Waals surface area (Å²) in [6.45, 7) is 3.83. The summed E-state index contributed by atoms with van der Waals surface area (Å²) in [6.07, 6.45) is 0.624. The Morgan fingerprint density at radius 2 is 1.58 bits per heavy atom. The number of fused-ring (bicyclic) bond motifs is 1. The molecule has 2 aromatic rings. The third-order valence-electron chi connectivity index (χ3n) is 3.96. The van der Waals surface area contributed by atoms with Crippen molar-refractivity contribution in [2.24, 2.45) is 5.92 Å². The van der Waals surface area contributed by atoms with E-state index in [2.05, 4.69) is 5.32 Å². The molecule has 2 unspecified atom stereocenters. The van der Waals surface area contributed by atoms with Gasteiger partial charge in [0.2, 0.25) is 0 Å². The first-order valence-corrected chi connectivity index (χ1v) is 8.06. The van der Waals surface area contributed by atoms with E-state index >= 15 is 0 Å². The summed E-state index contributed by atoms with van der Waals surface area (Å²) in [5.41, 5.74) is 0.863. The van der Waals surface area contributed by atoms with Crippen LogP contribution in [0.15, 0.2) is 42.5 Å². The van der Waals surface area contributed by atoms with Gasteiger partial charge in [0.25, 0.3) is 0 Å². The highest BCUT2D eigenvalue weighted by atomic mass is 16.4. The molecule has 3 N–H and O–H groups in total. The monoisotopic (exact) mass is 329 g/mol. The molecule has 0 saturated carbocycles. The molecule has 0 aromatic heterocycles. The number of hydrogen-bond donors (Lipinski definition) is 3. The fourth-order valence-electron chi connectivity index (χ4n) is 2.77. The van der Waals surface area contributed by atoms with Gasteiger partial charge in [0.15, 0.2) is 0 Å². The van der Waals surface area contributed by atoms with Gasteiger partial charge in [0.1, 0.15) is 12.1 Å². The Labute approximate surface area is 141 Å². The number of aliphatic carboxylic acids is 2. The number of rotatable bonds is 8. The molecule has 0 saturated heterocycles. The molecular formula is C19H23NO4. The van der Waals surface area contributed by atoms with E-state index in [0.717, 1.165) is 16.3 Å². The van der Waals surface area contributed by atoms with Gasteiger partial charge in [-0.2, -0.15) is 0 Å². The molecule has 0 aliphatic heterocycles. The van der Waals surface area contributed by atoms with Gasteiger partial charge in [-0.25, -0.2) is 0 Å². The molecule has 0 aliphatic carbocycles. The molecular weight excluding hydrogens is 306 g/mol. The first-order chi connectivity index (χ1) is 11.4. The first-order valence-electron chi connectivity index (χ1n) is 8.06. The third kappa shape index (κ3) is 4.80. The molecule has 0 spiro atoms. The molecule has 5 nitrogen and oxygen atoms in total. The second-order valence-corrected chi connectivity index (χ2v) is 6.46. The van der Waals surface area contributed by atoms with Crippen molar-refractivity contribution in [3.05, 3.63) is 48.0 Å². The van der Waals surface area contributed by atoms with Gasteiger partial charge in [0.05, 0.1) is 0 Å². The van der Waals surface area contributed by atoms with E-state index in [4.69, 9.17) is 0 Å². The highest BCUT2D eigenvalue weighted by Crippen LogP contribution is 2.17. The van der Waals surface area contributed by atoms with E-state index in [1.54, 1.807) is 0 Å². The molecule has 2 rings (SSSR count). The van der Waals surface area contributed by atoms with E-state index in [1.807, 2.05) is 56.3 Å². The van der Waals surface area contributed by atoms with E-state index in [0.29, 0.717) is 6.42 Å². The molecule has 0 aliphatic rings. The van der Waals surface area contributed by atoms with Gasteiger partial charge in [-0.05, 0) is 35.1 Å². The third-order valence-corrected chi connectivity index (χ3v) is 3.96. The van der Waals surface area contributed by atoms with E-state index < -0.39 is 24.0 Å². The molecule has 0 fully saturated rings. The van der Waals surface area contributed by atoms with Crippen LogP contribution in [0.1, 0.15) is 25.8 Å². The number of carboxylic acids is 2. The normalized spacial score (nSPS) is 13.8. The van der Waals surface area contributed by atoms with Gasteiger partial charge < -0.3 is 10.2 Å². The fraction of sp³-hybridized carbons (Fsp3) is 0.368. The van der Waals surface area contributed by atoms with Crippen molar-refractivity contribution in [1.29, 1.82) is 0 Å². The summed E-state index contributed by atoms with van der Waals surface area (Å²) in [5.74, 6) is -1.90. The average Bonchev–Trinajstić information content (AvgIpc) is 2.52. The minimum atomic E-state index is -1.04. The Morgan fingerprint density at radius 1 is 0.958 bits per heavy atom. The number of carboxylic acid groups (broad SMARTS) is 2. The van der Waals surface area contributed by atoms with E-state index in [-0.39, 0.29) is 12.3 Å². The second-order valence-electron chi connectivity index (χ2n) is 6.46. The predicted octanol–water partition coefficient (Wildman–Crippen LogP) is 2.92. The van der Waals surface area contributed by atoms with Crippen LogP contribution in [0.4, 0.5) is 0 Å². The highest BCUT2D eigenvalue weighted by Gasteiger charge is 2.26. The maximum atomic E-state index is 11.6. The number of nitrogens with one attached hydrogen (secondary N) is 1. The quantitative estimate of drug-likeness (QED) is 0.693. The maximum absolute atomic E-state index is 11.6. The maximum Gasteiger partial charge on any atom is 0.321 e. The number of benzene rings is 2. The lowest BCUT2D eigenvalue weighted by Crippen LogP contribution is -2.48. The van der Waals surface area contributed by atoms with Crippen molar-refractivity contribution in [2.75, 3.05) is 0 Å². The molecule has 0 bridgehead atoms. The SMILES string of the molecule is CC(C)CC(NC(Cc1ccc2ccccc2c1)C(=O)O)C(=O)O. The van der Waals surface area contributed by atoms with Crippen LogP contribution in [0, 0.1) is 5.92 Å². The van der Waals surface area contributed by atoms with Gasteiger partial charge in [0, 0.05) is 0 Å². The molecule has 24 heavy (non-hydrogen) atoms. The summed E-state index contributed by atoms with van der Waals surface area (Å²) in [6, 6.07) is 11.8. The molecule has 128 valence electrons. The van der Waals surface area contributed by atoms with Crippen LogP contribution in [0.5, 0.6) is 0 Å². The zero-order valence-corrected chi connectivity index (χ0v) is 13.9. The van der Waals surface area contributed by atoms with Gasteiger partial charge in [-0.15, -0.1) is 0 Å². The summed E-state index contributed by atoms with van der Waals surface area (Å²) >= 11 is 0. The van der Waals surface area contributed by atoms with Crippen LogP contribution in [-0.4, -0.2) is 34.2 Å². The Hall–Kier alpha value is -2.40. The molecule has 5 heteroatoms. The smallest absolute Gasteiger partial charge is 0.321 e. The molecule has 0 radical (unpaired) electrons. The van der Waals surface area contributed by atoms with E-state index in [1.165, 1.54) is 0 Å². The van der Waals surface area contributed by atoms with Crippen LogP contribution in [0.3, 0.4) is 0 Å². The lowest BCUT2D eigenvalue weighted by molar-refractivity contribution is -0.142. The summed E-state index contributed by atoms with van der Waals surface area (Å²) in [5, 5.41) is 23.7. The van der Waals surface area contributed by atoms with Crippen molar-refractivity contribution in [1.82, 2.24) is 5.32 Å². The van der Waals surface area contributed by atoms with Gasteiger partial charge >= 0.3 is 11.9 Å². The Bertz CT molecular complexity index is 726. The van der Waals surface area contributed by atoms with Crippen molar-refractivity contribution in [2.45, 2.75) is 38.8 Å². The zero-order valence-electron chi connectivity index (χ0n) is 13.9. The van der Waals surface area contributed by atoms with Crippen molar-refractivity contribution in [3.63, 3.8) is 0 Å². The van der Waals surface area contributed by atoms with Crippen LogP contribution >= 0.6 is 0 Å².